The summed E-state index contributed by atoms with van der Waals surface area (Å²) in [6.45, 7) is 2.20. The Kier molecular flexibility index (Phi) is 9.96. The van der Waals surface area contributed by atoms with Gasteiger partial charge in [0.25, 0.3) is 5.09 Å². The Balaban J connectivity index is 2.38. The normalized spacial score (nSPS) is 17.6. The van der Waals surface area contributed by atoms with Gasteiger partial charge < -0.3 is 20.2 Å². The molecule has 11 heteroatoms. The lowest BCUT2D eigenvalue weighted by Crippen LogP contribution is -2.44. The third kappa shape index (κ3) is 7.56. The summed E-state index contributed by atoms with van der Waals surface area (Å²) < 4.78 is 5.17. The van der Waals surface area contributed by atoms with E-state index in [4.69, 9.17) is 10.5 Å². The number of amides is 1. The molecule has 1 heterocycles. The highest BCUT2D eigenvalue weighted by Crippen LogP contribution is 2.22. The van der Waals surface area contributed by atoms with Crippen molar-refractivity contribution < 1.29 is 29.0 Å². The van der Waals surface area contributed by atoms with Crippen molar-refractivity contribution in [1.29, 1.82) is 0 Å². The van der Waals surface area contributed by atoms with Gasteiger partial charge in [-0.15, -0.1) is 10.1 Å². The summed E-state index contributed by atoms with van der Waals surface area (Å²) in [7, 11) is 0. The van der Waals surface area contributed by atoms with Crippen LogP contribution >= 0.6 is 11.8 Å². The average molecular weight is 391 g/mol. The van der Waals surface area contributed by atoms with Crippen LogP contribution in [0.5, 0.6) is 0 Å². The number of likely N-dealkylation sites (tertiary alicyclic amines) is 1. The first-order chi connectivity index (χ1) is 12.4. The number of ether oxygens (including phenoxy) is 1. The van der Waals surface area contributed by atoms with Gasteiger partial charge in [0.15, 0.2) is 0 Å². The number of hydrogen-bond donors (Lipinski definition) is 1. The molecular formula is C15H25N3O7S. The number of carbonyl (C=O) groups is 3. The fraction of sp³-hybridized carbons (Fsp3) is 0.800. The minimum atomic E-state index is -0.866. The second-order valence-corrected chi connectivity index (χ2v) is 6.99. The van der Waals surface area contributed by atoms with Crippen LogP contribution in [0.15, 0.2) is 0 Å². The molecule has 0 radical (unpaired) electrons. The predicted molar refractivity (Wildman–Crippen MR) is 93.6 cm³/mol. The monoisotopic (exact) mass is 391 g/mol. The fourth-order valence-corrected chi connectivity index (χ4v) is 3.22. The van der Waals surface area contributed by atoms with Crippen molar-refractivity contribution in [1.82, 2.24) is 4.90 Å². The number of carbonyl (C=O) groups excluding carboxylic acids is 3. The van der Waals surface area contributed by atoms with Crippen molar-refractivity contribution in [2.75, 3.05) is 32.1 Å². The molecule has 1 fully saturated rings. The lowest BCUT2D eigenvalue weighted by Gasteiger charge is -2.26. The summed E-state index contributed by atoms with van der Waals surface area (Å²) in [5.74, 6) is -0.725. The topological polar surface area (TPSA) is 142 Å². The minimum absolute atomic E-state index is 0.0463. The largest absolute Gasteiger partial charge is 0.464 e. The van der Waals surface area contributed by atoms with Crippen LogP contribution in [0.25, 0.3) is 0 Å². The van der Waals surface area contributed by atoms with Crippen molar-refractivity contribution in [3.05, 3.63) is 10.1 Å². The molecule has 1 saturated heterocycles. The van der Waals surface area contributed by atoms with Crippen LogP contribution in [0.4, 0.5) is 0 Å². The Bertz CT molecular complexity index is 517. The Morgan fingerprint density at radius 1 is 1.35 bits per heavy atom. The zero-order chi connectivity index (χ0) is 19.5. The van der Waals surface area contributed by atoms with Crippen LogP contribution in [0, 0.1) is 16.0 Å². The molecule has 26 heavy (non-hydrogen) atoms. The maximum absolute atomic E-state index is 12.5. The van der Waals surface area contributed by atoms with Crippen LogP contribution < -0.4 is 5.73 Å². The molecule has 10 nitrogen and oxygen atoms in total. The summed E-state index contributed by atoms with van der Waals surface area (Å²) >= 11 is 1.02. The van der Waals surface area contributed by atoms with Gasteiger partial charge in [-0.2, -0.15) is 0 Å². The minimum Gasteiger partial charge on any atom is -0.464 e. The lowest BCUT2D eigenvalue weighted by molar-refractivity contribution is -0.757. The van der Waals surface area contributed by atoms with E-state index in [0.29, 0.717) is 38.0 Å². The van der Waals surface area contributed by atoms with Crippen molar-refractivity contribution in [3.63, 3.8) is 0 Å². The zero-order valence-electron chi connectivity index (χ0n) is 14.8. The van der Waals surface area contributed by atoms with E-state index in [1.807, 2.05) is 0 Å². The molecule has 0 aliphatic carbocycles. The average Bonchev–Trinajstić information content (AvgIpc) is 3.10. The molecule has 0 spiro atoms. The van der Waals surface area contributed by atoms with Crippen molar-refractivity contribution in [2.24, 2.45) is 11.7 Å². The summed E-state index contributed by atoms with van der Waals surface area (Å²) in [5, 5.41) is 8.96. The van der Waals surface area contributed by atoms with E-state index < -0.39 is 23.0 Å². The molecule has 2 atom stereocenters. The van der Waals surface area contributed by atoms with Gasteiger partial charge in [-0.1, -0.05) is 18.7 Å². The highest BCUT2D eigenvalue weighted by molar-refractivity contribution is 8.13. The highest BCUT2D eigenvalue weighted by Gasteiger charge is 2.36. The lowest BCUT2D eigenvalue weighted by atomic mass is 10.1. The van der Waals surface area contributed by atoms with Gasteiger partial charge in [0, 0.05) is 18.2 Å². The Hall–Kier alpha value is -1.88. The molecule has 148 valence electrons. The van der Waals surface area contributed by atoms with Crippen molar-refractivity contribution >= 4 is 28.8 Å². The summed E-state index contributed by atoms with van der Waals surface area (Å²) in [6, 6.07) is -0.616. The van der Waals surface area contributed by atoms with E-state index in [-0.39, 0.29) is 30.8 Å². The maximum Gasteiger partial charge on any atom is 0.328 e. The SMILES string of the molecule is C[C@H](CSC(=O)CN)C(=O)N1CCC[C@H]1C(=O)OCCCCO[N+](=O)[O-]. The quantitative estimate of drug-likeness (QED) is 0.229. The first-order valence-corrected chi connectivity index (χ1v) is 9.45. The molecule has 2 N–H and O–H groups in total. The van der Waals surface area contributed by atoms with E-state index in [2.05, 4.69) is 4.84 Å². The van der Waals surface area contributed by atoms with Gasteiger partial charge in [-0.3, -0.25) is 9.59 Å². The molecule has 1 rings (SSSR count). The molecule has 1 amide bonds. The molecule has 0 bridgehead atoms. The van der Waals surface area contributed by atoms with Gasteiger partial charge in [-0.05, 0) is 25.7 Å². The van der Waals surface area contributed by atoms with E-state index in [1.165, 1.54) is 4.90 Å². The number of nitrogens with two attached hydrogens (primary N) is 1. The van der Waals surface area contributed by atoms with Crippen LogP contribution in [-0.2, 0) is 24.0 Å². The molecule has 1 aliphatic rings. The van der Waals surface area contributed by atoms with E-state index in [1.54, 1.807) is 6.92 Å². The number of thioether (sulfide) groups is 1. The summed E-state index contributed by atoms with van der Waals surface area (Å²) in [4.78, 5) is 51.7. The van der Waals surface area contributed by atoms with Gasteiger partial charge in [0.2, 0.25) is 11.0 Å². The molecule has 0 saturated carbocycles. The summed E-state index contributed by atoms with van der Waals surface area (Å²) in [6.07, 6.45) is 2.08. The van der Waals surface area contributed by atoms with Crippen LogP contribution in [-0.4, -0.2) is 65.1 Å². The molecular weight excluding hydrogens is 366 g/mol. The molecule has 0 unspecified atom stereocenters. The van der Waals surface area contributed by atoms with Crippen molar-refractivity contribution in [2.45, 2.75) is 38.6 Å². The van der Waals surface area contributed by atoms with Crippen LogP contribution in [0.1, 0.15) is 32.6 Å². The van der Waals surface area contributed by atoms with E-state index in [0.717, 1.165) is 11.8 Å². The number of hydrogen-bond acceptors (Lipinski definition) is 9. The molecule has 0 aromatic carbocycles. The Morgan fingerprint density at radius 2 is 2.04 bits per heavy atom. The molecule has 0 aromatic heterocycles. The van der Waals surface area contributed by atoms with Gasteiger partial charge in [0.05, 0.1) is 19.8 Å². The van der Waals surface area contributed by atoms with E-state index in [9.17, 15) is 24.5 Å². The molecule has 1 aliphatic heterocycles. The fourth-order valence-electron chi connectivity index (χ4n) is 2.52. The summed E-state index contributed by atoms with van der Waals surface area (Å²) in [5.41, 5.74) is 5.24. The van der Waals surface area contributed by atoms with Gasteiger partial charge in [-0.25, -0.2) is 4.79 Å². The molecule has 0 aromatic rings. The number of rotatable bonds is 11. The smallest absolute Gasteiger partial charge is 0.328 e. The van der Waals surface area contributed by atoms with E-state index >= 15 is 0 Å². The third-order valence-electron chi connectivity index (χ3n) is 3.87. The Morgan fingerprint density at radius 3 is 2.69 bits per heavy atom. The first-order valence-electron chi connectivity index (χ1n) is 8.47. The highest BCUT2D eigenvalue weighted by atomic mass is 32.2. The second kappa shape index (κ2) is 11.7. The van der Waals surface area contributed by atoms with Crippen LogP contribution in [0.3, 0.4) is 0 Å². The Labute approximate surface area is 155 Å². The standard InChI is InChI=1S/C15H25N3O7S/c1-11(10-26-13(19)9-16)14(20)17-6-4-5-12(17)15(21)24-7-2-3-8-25-18(22)23/h11-12H,2-10,16H2,1H3/t11-,12+/m1/s1. The third-order valence-corrected chi connectivity index (χ3v) is 5.03. The second-order valence-electron chi connectivity index (χ2n) is 5.91. The first kappa shape index (κ1) is 22.2. The number of nitrogens with zero attached hydrogens (tertiary/aromatic N) is 2. The van der Waals surface area contributed by atoms with Crippen LogP contribution in [0.2, 0.25) is 0 Å². The maximum atomic E-state index is 12.5. The zero-order valence-corrected chi connectivity index (χ0v) is 15.6. The van der Waals surface area contributed by atoms with Gasteiger partial charge in [0.1, 0.15) is 6.04 Å². The number of unbranched alkanes of at least 4 members (excludes halogenated alkanes) is 1. The predicted octanol–water partition coefficient (Wildman–Crippen LogP) is 0.364. The van der Waals surface area contributed by atoms with Gasteiger partial charge >= 0.3 is 5.97 Å². The number of esters is 1. The van der Waals surface area contributed by atoms with Crippen molar-refractivity contribution in [3.8, 4) is 0 Å².